The van der Waals surface area contributed by atoms with Crippen LogP contribution in [-0.4, -0.2) is 4.98 Å². The first-order valence-corrected chi connectivity index (χ1v) is 5.60. The SMILES string of the molecule is Cc1cc(Oc2cc(N)ccn2)ccc1Br. The van der Waals surface area contributed by atoms with Crippen molar-refractivity contribution in [1.82, 2.24) is 4.98 Å². The van der Waals surface area contributed by atoms with E-state index in [0.717, 1.165) is 15.8 Å². The first-order valence-electron chi connectivity index (χ1n) is 4.81. The van der Waals surface area contributed by atoms with Gasteiger partial charge in [0.25, 0.3) is 0 Å². The van der Waals surface area contributed by atoms with E-state index in [1.165, 1.54) is 0 Å². The van der Waals surface area contributed by atoms with Gasteiger partial charge in [-0.3, -0.25) is 0 Å². The lowest BCUT2D eigenvalue weighted by Crippen LogP contribution is -1.91. The molecule has 16 heavy (non-hydrogen) atoms. The molecule has 0 saturated heterocycles. The molecular weight excluding hydrogens is 268 g/mol. The minimum Gasteiger partial charge on any atom is -0.439 e. The Morgan fingerprint density at radius 3 is 2.75 bits per heavy atom. The summed E-state index contributed by atoms with van der Waals surface area (Å²) >= 11 is 3.44. The largest absolute Gasteiger partial charge is 0.439 e. The normalized spacial score (nSPS) is 10.1. The first kappa shape index (κ1) is 11.0. The predicted octanol–water partition coefficient (Wildman–Crippen LogP) is 3.53. The Morgan fingerprint density at radius 2 is 2.06 bits per heavy atom. The van der Waals surface area contributed by atoms with E-state index in [-0.39, 0.29) is 0 Å². The van der Waals surface area contributed by atoms with Gasteiger partial charge < -0.3 is 10.5 Å². The summed E-state index contributed by atoms with van der Waals surface area (Å²) in [7, 11) is 0. The highest BCUT2D eigenvalue weighted by Crippen LogP contribution is 2.25. The highest BCUT2D eigenvalue weighted by molar-refractivity contribution is 9.10. The molecule has 0 amide bonds. The fraction of sp³-hybridized carbons (Fsp3) is 0.0833. The van der Waals surface area contributed by atoms with E-state index in [4.69, 9.17) is 10.5 Å². The summed E-state index contributed by atoms with van der Waals surface area (Å²) < 4.78 is 6.64. The number of rotatable bonds is 2. The van der Waals surface area contributed by atoms with Crippen molar-refractivity contribution >= 4 is 21.6 Å². The average Bonchev–Trinajstić information content (AvgIpc) is 2.24. The third-order valence-electron chi connectivity index (χ3n) is 2.11. The number of aromatic nitrogens is 1. The smallest absolute Gasteiger partial charge is 0.221 e. The third-order valence-corrected chi connectivity index (χ3v) is 3.00. The van der Waals surface area contributed by atoms with Crippen LogP contribution < -0.4 is 10.5 Å². The van der Waals surface area contributed by atoms with Crippen LogP contribution in [0.3, 0.4) is 0 Å². The summed E-state index contributed by atoms with van der Waals surface area (Å²) in [4.78, 5) is 4.07. The van der Waals surface area contributed by atoms with E-state index in [2.05, 4.69) is 20.9 Å². The van der Waals surface area contributed by atoms with Gasteiger partial charge in [-0.25, -0.2) is 4.98 Å². The molecule has 0 radical (unpaired) electrons. The number of halogens is 1. The van der Waals surface area contributed by atoms with E-state index < -0.39 is 0 Å². The summed E-state index contributed by atoms with van der Waals surface area (Å²) in [6.07, 6.45) is 1.62. The van der Waals surface area contributed by atoms with Crippen LogP contribution in [0.1, 0.15) is 5.56 Å². The van der Waals surface area contributed by atoms with Crippen LogP contribution >= 0.6 is 15.9 Å². The molecule has 0 bridgehead atoms. The fourth-order valence-corrected chi connectivity index (χ4v) is 1.53. The van der Waals surface area contributed by atoms with Crippen molar-refractivity contribution in [3.8, 4) is 11.6 Å². The van der Waals surface area contributed by atoms with Gasteiger partial charge in [0, 0.05) is 22.4 Å². The maximum atomic E-state index is 5.64. The molecule has 0 aliphatic carbocycles. The maximum absolute atomic E-state index is 5.64. The van der Waals surface area contributed by atoms with Crippen molar-refractivity contribution in [2.45, 2.75) is 6.92 Å². The molecule has 82 valence electrons. The molecule has 0 aliphatic rings. The Morgan fingerprint density at radius 1 is 1.25 bits per heavy atom. The Labute approximate surface area is 102 Å². The molecule has 2 N–H and O–H groups in total. The lowest BCUT2D eigenvalue weighted by molar-refractivity contribution is 0.463. The van der Waals surface area contributed by atoms with Crippen LogP contribution in [0.4, 0.5) is 5.69 Å². The second-order valence-corrected chi connectivity index (χ2v) is 4.29. The molecule has 0 unspecified atom stereocenters. The number of benzene rings is 1. The van der Waals surface area contributed by atoms with Gasteiger partial charge >= 0.3 is 0 Å². The number of hydrogen-bond acceptors (Lipinski definition) is 3. The van der Waals surface area contributed by atoms with Crippen LogP contribution in [0.5, 0.6) is 11.6 Å². The minimum absolute atomic E-state index is 0.502. The number of nitrogens with two attached hydrogens (primary N) is 1. The van der Waals surface area contributed by atoms with Crippen molar-refractivity contribution < 1.29 is 4.74 Å². The zero-order chi connectivity index (χ0) is 11.5. The van der Waals surface area contributed by atoms with E-state index in [1.54, 1.807) is 18.3 Å². The highest BCUT2D eigenvalue weighted by atomic mass is 79.9. The van der Waals surface area contributed by atoms with Crippen molar-refractivity contribution in [2.24, 2.45) is 0 Å². The summed E-state index contributed by atoms with van der Waals surface area (Å²) in [6.45, 7) is 2.00. The van der Waals surface area contributed by atoms with Crippen molar-refractivity contribution in [3.63, 3.8) is 0 Å². The second-order valence-electron chi connectivity index (χ2n) is 3.44. The Balaban J connectivity index is 2.24. The molecule has 4 heteroatoms. The molecular formula is C12H11BrN2O. The monoisotopic (exact) mass is 278 g/mol. The molecule has 2 rings (SSSR count). The zero-order valence-electron chi connectivity index (χ0n) is 8.77. The van der Waals surface area contributed by atoms with E-state index in [9.17, 15) is 0 Å². The first-order chi connectivity index (χ1) is 7.65. The van der Waals surface area contributed by atoms with Crippen LogP contribution in [-0.2, 0) is 0 Å². The third kappa shape index (κ3) is 2.52. The van der Waals surface area contributed by atoms with Gasteiger partial charge in [-0.1, -0.05) is 15.9 Å². The molecule has 3 nitrogen and oxygen atoms in total. The molecule has 0 spiro atoms. The van der Waals surface area contributed by atoms with Crippen LogP contribution in [0.15, 0.2) is 41.0 Å². The van der Waals surface area contributed by atoms with Gasteiger partial charge in [0.2, 0.25) is 5.88 Å². The molecule has 1 aromatic heterocycles. The molecule has 0 atom stereocenters. The molecule has 0 aliphatic heterocycles. The Kier molecular flexibility index (Phi) is 3.10. The predicted molar refractivity (Wildman–Crippen MR) is 67.6 cm³/mol. The van der Waals surface area contributed by atoms with Gasteiger partial charge in [-0.2, -0.15) is 0 Å². The minimum atomic E-state index is 0.502. The quantitative estimate of drug-likeness (QED) is 0.914. The highest BCUT2D eigenvalue weighted by Gasteiger charge is 2.01. The van der Waals surface area contributed by atoms with Gasteiger partial charge in [-0.05, 0) is 36.8 Å². The van der Waals surface area contributed by atoms with E-state index in [0.29, 0.717) is 11.6 Å². The number of nitrogen functional groups attached to an aromatic ring is 1. The lowest BCUT2D eigenvalue weighted by Gasteiger charge is -2.06. The fourth-order valence-electron chi connectivity index (χ4n) is 1.28. The van der Waals surface area contributed by atoms with Crippen molar-refractivity contribution in [2.75, 3.05) is 5.73 Å². The topological polar surface area (TPSA) is 48.1 Å². The summed E-state index contributed by atoms with van der Waals surface area (Å²) in [5.41, 5.74) is 7.39. The van der Waals surface area contributed by atoms with E-state index >= 15 is 0 Å². The van der Waals surface area contributed by atoms with Gasteiger partial charge in [0.05, 0.1) is 0 Å². The number of nitrogens with zero attached hydrogens (tertiary/aromatic N) is 1. The summed E-state index contributed by atoms with van der Waals surface area (Å²) in [6, 6.07) is 9.17. The van der Waals surface area contributed by atoms with Crippen LogP contribution in [0.2, 0.25) is 0 Å². The molecule has 0 fully saturated rings. The number of hydrogen-bond donors (Lipinski definition) is 1. The van der Waals surface area contributed by atoms with Crippen molar-refractivity contribution in [1.29, 1.82) is 0 Å². The number of pyridine rings is 1. The Bertz CT molecular complexity index is 514. The van der Waals surface area contributed by atoms with Crippen LogP contribution in [0, 0.1) is 6.92 Å². The Hall–Kier alpha value is -1.55. The zero-order valence-corrected chi connectivity index (χ0v) is 10.4. The van der Waals surface area contributed by atoms with Crippen LogP contribution in [0.25, 0.3) is 0 Å². The number of anilines is 1. The number of aryl methyl sites for hydroxylation is 1. The van der Waals surface area contributed by atoms with Gasteiger partial charge in [0.15, 0.2) is 0 Å². The van der Waals surface area contributed by atoms with E-state index in [1.807, 2.05) is 25.1 Å². The summed E-state index contributed by atoms with van der Waals surface area (Å²) in [5.74, 6) is 1.25. The molecule has 1 heterocycles. The molecule has 1 aromatic carbocycles. The summed E-state index contributed by atoms with van der Waals surface area (Å²) in [5, 5.41) is 0. The molecule has 2 aromatic rings. The van der Waals surface area contributed by atoms with Crippen molar-refractivity contribution in [3.05, 3.63) is 46.6 Å². The second kappa shape index (κ2) is 4.53. The van der Waals surface area contributed by atoms with Gasteiger partial charge in [0.1, 0.15) is 5.75 Å². The maximum Gasteiger partial charge on any atom is 0.221 e. The molecule has 0 saturated carbocycles. The average molecular weight is 279 g/mol. The standard InChI is InChI=1S/C12H11BrN2O/c1-8-6-10(2-3-11(8)13)16-12-7-9(14)4-5-15-12/h2-7H,1H3,(H2,14,15). The van der Waals surface area contributed by atoms with Gasteiger partial charge in [-0.15, -0.1) is 0 Å². The lowest BCUT2D eigenvalue weighted by atomic mass is 10.2. The number of ether oxygens (including phenoxy) is 1.